The Labute approximate surface area is 490 Å². The van der Waals surface area contributed by atoms with Gasteiger partial charge in [-0.15, -0.1) is 0 Å². The standard InChI is InChI=1S/C69H110O12/c1-4-7-10-13-16-19-22-25-28-30-31-33-36-39-42-45-48-51-54-57-63(72)80-67-65(74)64(73)66(68(75)76)81-69(67)78-59-60(79-62(71)56-53-50-47-44-41-38-34-27-24-21-18-15-12-9-6-3)58-77-61(70)55-52-49-46-43-40-37-35-32-29-26-23-20-17-14-11-8-5-2/h7,9-10,12,16,18-19,21,25-29,31,33-34,39,41-42,44,60,64-67,69,73-74H,4-6,8,11,13-15,17,20,22-24,30,32,35-38,40,43,45-59H2,1-3H3,(H,75,76)/b10-7-,12-9-,19-16-,21-18-,28-25-,29-26-,33-31-,34-27-,42-39-,44-41-. The maximum atomic E-state index is 13.2. The summed E-state index contributed by atoms with van der Waals surface area (Å²) in [6.07, 6.45) is 64.5. The Morgan fingerprint density at radius 1 is 0.420 bits per heavy atom. The Hall–Kier alpha value is -4.88. The fourth-order valence-electron chi connectivity index (χ4n) is 8.73. The van der Waals surface area contributed by atoms with Crippen LogP contribution in [0.4, 0.5) is 0 Å². The van der Waals surface area contributed by atoms with E-state index in [1.807, 2.05) is 0 Å². The van der Waals surface area contributed by atoms with Crippen LogP contribution in [0.1, 0.15) is 239 Å². The third-order valence-corrected chi connectivity index (χ3v) is 13.5. The molecule has 0 amide bonds. The third-order valence-electron chi connectivity index (χ3n) is 13.5. The monoisotopic (exact) mass is 1130 g/mol. The molecule has 0 saturated carbocycles. The highest BCUT2D eigenvalue weighted by molar-refractivity contribution is 5.74. The lowest BCUT2D eigenvalue weighted by atomic mass is 9.98. The minimum Gasteiger partial charge on any atom is -0.479 e. The van der Waals surface area contributed by atoms with E-state index in [0.717, 1.165) is 122 Å². The molecule has 458 valence electrons. The third kappa shape index (κ3) is 45.3. The van der Waals surface area contributed by atoms with E-state index in [2.05, 4.69) is 142 Å². The van der Waals surface area contributed by atoms with Crippen LogP contribution in [0.2, 0.25) is 0 Å². The highest BCUT2D eigenvalue weighted by Crippen LogP contribution is 2.26. The van der Waals surface area contributed by atoms with Crippen molar-refractivity contribution in [1.82, 2.24) is 0 Å². The number of aliphatic carboxylic acids is 1. The van der Waals surface area contributed by atoms with Gasteiger partial charge in [-0.3, -0.25) is 14.4 Å². The van der Waals surface area contributed by atoms with Crippen LogP contribution >= 0.6 is 0 Å². The van der Waals surface area contributed by atoms with Crippen molar-refractivity contribution >= 4 is 23.9 Å². The van der Waals surface area contributed by atoms with Crippen molar-refractivity contribution in [2.75, 3.05) is 13.2 Å². The molecule has 3 N–H and O–H groups in total. The van der Waals surface area contributed by atoms with Crippen LogP contribution in [0.3, 0.4) is 0 Å². The summed E-state index contributed by atoms with van der Waals surface area (Å²) in [4.78, 5) is 51.3. The molecule has 1 aliphatic heterocycles. The first kappa shape index (κ1) is 74.1. The summed E-state index contributed by atoms with van der Waals surface area (Å²) in [5.41, 5.74) is 0. The second kappa shape index (κ2) is 55.6. The fourth-order valence-corrected chi connectivity index (χ4v) is 8.73. The van der Waals surface area contributed by atoms with Gasteiger partial charge in [-0.2, -0.15) is 0 Å². The predicted octanol–water partition coefficient (Wildman–Crippen LogP) is 16.8. The SMILES string of the molecule is CC/C=C\C/C=C\C/C=C\C/C=C\C/C=C\CCCCCC(=O)OC1C(OCC(COC(=O)CCCCCCCCC/C=C\CCCCCCCC)OC(=O)CCCC/C=C\C/C=C\C/C=C\C/C=C\CC)OC(C(=O)O)C(O)C1O. The zero-order valence-corrected chi connectivity index (χ0v) is 50.5. The number of hydrogen-bond acceptors (Lipinski definition) is 11. The van der Waals surface area contributed by atoms with Crippen LogP contribution in [0.25, 0.3) is 0 Å². The molecule has 6 unspecified atom stereocenters. The average Bonchev–Trinajstić information content (AvgIpc) is 3.54. The van der Waals surface area contributed by atoms with E-state index in [1.165, 1.54) is 57.8 Å². The lowest BCUT2D eigenvalue weighted by Gasteiger charge is -2.40. The first-order valence-electron chi connectivity index (χ1n) is 31.5. The van der Waals surface area contributed by atoms with Crippen molar-refractivity contribution in [2.45, 2.75) is 276 Å². The van der Waals surface area contributed by atoms with Crippen molar-refractivity contribution < 1.29 is 58.2 Å². The summed E-state index contributed by atoms with van der Waals surface area (Å²) in [6.45, 7) is 5.71. The number of esters is 3. The van der Waals surface area contributed by atoms with Crippen LogP contribution < -0.4 is 0 Å². The number of carbonyl (C=O) groups excluding carboxylic acids is 3. The Balaban J connectivity index is 2.72. The molecule has 1 fully saturated rings. The Morgan fingerprint density at radius 2 is 0.778 bits per heavy atom. The molecule has 0 radical (unpaired) electrons. The molecule has 81 heavy (non-hydrogen) atoms. The molecule has 1 saturated heterocycles. The smallest absolute Gasteiger partial charge is 0.335 e. The number of hydrogen-bond donors (Lipinski definition) is 3. The van der Waals surface area contributed by atoms with Gasteiger partial charge in [-0.1, -0.05) is 213 Å². The summed E-state index contributed by atoms with van der Waals surface area (Å²) in [6, 6.07) is 0. The van der Waals surface area contributed by atoms with E-state index >= 15 is 0 Å². The number of aliphatic hydroxyl groups is 2. The molecule has 0 bridgehead atoms. The Morgan fingerprint density at radius 3 is 1.23 bits per heavy atom. The fraction of sp³-hybridized carbons (Fsp3) is 0.652. The molecule has 1 heterocycles. The normalized spacial score (nSPS) is 18.6. The summed E-state index contributed by atoms with van der Waals surface area (Å²) in [7, 11) is 0. The average molecular weight is 1130 g/mol. The van der Waals surface area contributed by atoms with Crippen molar-refractivity contribution in [3.63, 3.8) is 0 Å². The molecule has 0 aromatic heterocycles. The van der Waals surface area contributed by atoms with Gasteiger partial charge >= 0.3 is 23.9 Å². The second-order valence-corrected chi connectivity index (χ2v) is 20.9. The molecule has 0 aliphatic carbocycles. The van der Waals surface area contributed by atoms with Gasteiger partial charge in [-0.25, -0.2) is 4.79 Å². The van der Waals surface area contributed by atoms with Crippen LogP contribution in [0.15, 0.2) is 122 Å². The van der Waals surface area contributed by atoms with Gasteiger partial charge in [0.15, 0.2) is 24.6 Å². The summed E-state index contributed by atoms with van der Waals surface area (Å²) < 4.78 is 28.4. The van der Waals surface area contributed by atoms with Gasteiger partial charge in [-0.05, 0) is 128 Å². The van der Waals surface area contributed by atoms with Crippen molar-refractivity contribution in [3.05, 3.63) is 122 Å². The first-order valence-corrected chi connectivity index (χ1v) is 31.5. The second-order valence-electron chi connectivity index (χ2n) is 20.9. The van der Waals surface area contributed by atoms with Crippen LogP contribution in [-0.4, -0.2) is 89.2 Å². The molecule has 6 atom stereocenters. The number of ether oxygens (including phenoxy) is 5. The van der Waals surface area contributed by atoms with Gasteiger partial charge in [0.05, 0.1) is 6.61 Å². The number of carboxylic acids is 1. The maximum Gasteiger partial charge on any atom is 0.335 e. The summed E-state index contributed by atoms with van der Waals surface area (Å²) in [5.74, 6) is -3.24. The van der Waals surface area contributed by atoms with Crippen LogP contribution in [0.5, 0.6) is 0 Å². The number of carboxylic acid groups (broad SMARTS) is 1. The number of unbranched alkanes of at least 4 members (excludes halogenated alkanes) is 18. The van der Waals surface area contributed by atoms with Crippen LogP contribution in [-0.2, 0) is 42.9 Å². The Bertz CT molecular complexity index is 1870. The lowest BCUT2D eigenvalue weighted by Crippen LogP contribution is -2.61. The van der Waals surface area contributed by atoms with E-state index in [1.54, 1.807) is 0 Å². The van der Waals surface area contributed by atoms with Crippen molar-refractivity contribution in [1.29, 1.82) is 0 Å². The number of aliphatic hydroxyl groups excluding tert-OH is 2. The van der Waals surface area contributed by atoms with Gasteiger partial charge in [0.25, 0.3) is 0 Å². The van der Waals surface area contributed by atoms with E-state index in [9.17, 15) is 34.5 Å². The number of rotatable bonds is 52. The zero-order valence-electron chi connectivity index (χ0n) is 50.5. The minimum absolute atomic E-state index is 0.00971. The van der Waals surface area contributed by atoms with Gasteiger partial charge in [0.1, 0.15) is 18.8 Å². The van der Waals surface area contributed by atoms with Gasteiger partial charge in [0, 0.05) is 19.3 Å². The largest absolute Gasteiger partial charge is 0.479 e. The molecule has 1 rings (SSSR count). The molecule has 0 spiro atoms. The first-order chi connectivity index (χ1) is 39.6. The topological polar surface area (TPSA) is 175 Å². The molecule has 1 aliphatic rings. The van der Waals surface area contributed by atoms with Gasteiger partial charge < -0.3 is 39.0 Å². The maximum absolute atomic E-state index is 13.2. The van der Waals surface area contributed by atoms with E-state index in [4.69, 9.17) is 23.7 Å². The van der Waals surface area contributed by atoms with Crippen molar-refractivity contribution in [3.8, 4) is 0 Å². The van der Waals surface area contributed by atoms with E-state index in [-0.39, 0.29) is 25.9 Å². The zero-order chi connectivity index (χ0) is 58.9. The predicted molar refractivity (Wildman–Crippen MR) is 330 cm³/mol. The minimum atomic E-state index is -1.93. The summed E-state index contributed by atoms with van der Waals surface area (Å²) >= 11 is 0. The molecular formula is C69H110O12. The Kier molecular flexibility index (Phi) is 50.9. The van der Waals surface area contributed by atoms with Crippen LogP contribution in [0, 0.1) is 0 Å². The lowest BCUT2D eigenvalue weighted by molar-refractivity contribution is -0.301. The highest BCUT2D eigenvalue weighted by Gasteiger charge is 2.50. The summed E-state index contributed by atoms with van der Waals surface area (Å²) in [5, 5.41) is 31.6. The number of allylic oxidation sites excluding steroid dienone is 20. The molecular weight excluding hydrogens is 1020 g/mol. The van der Waals surface area contributed by atoms with E-state index < -0.39 is 67.3 Å². The highest BCUT2D eigenvalue weighted by atomic mass is 16.7. The number of carbonyl (C=O) groups is 4. The quantitative estimate of drug-likeness (QED) is 0.0228. The van der Waals surface area contributed by atoms with Crippen molar-refractivity contribution in [2.24, 2.45) is 0 Å². The molecule has 0 aromatic carbocycles. The molecule has 0 aromatic rings. The molecule has 12 nitrogen and oxygen atoms in total. The van der Waals surface area contributed by atoms with Gasteiger partial charge in [0.2, 0.25) is 0 Å². The van der Waals surface area contributed by atoms with E-state index in [0.29, 0.717) is 19.3 Å². The molecule has 12 heteroatoms.